The molecule has 192 valence electrons. The van der Waals surface area contributed by atoms with Crippen LogP contribution in [-0.2, 0) is 6.42 Å². The molecule has 8 heteroatoms. The molecule has 3 heterocycles. The molecule has 0 unspecified atom stereocenters. The highest BCUT2D eigenvalue weighted by Gasteiger charge is 2.25. The Labute approximate surface area is 218 Å². The van der Waals surface area contributed by atoms with Gasteiger partial charge >= 0.3 is 6.03 Å². The highest BCUT2D eigenvalue weighted by molar-refractivity contribution is 5.91. The van der Waals surface area contributed by atoms with E-state index < -0.39 is 0 Å². The Morgan fingerprint density at radius 3 is 2.46 bits per heavy atom. The van der Waals surface area contributed by atoms with Gasteiger partial charge in [0.25, 0.3) is 0 Å². The number of aromatic nitrogens is 4. The van der Waals surface area contributed by atoms with Crippen LogP contribution in [0.4, 0.5) is 10.6 Å². The molecular formula is C29H35N7O. The minimum absolute atomic E-state index is 0.0287. The van der Waals surface area contributed by atoms with E-state index in [9.17, 15) is 4.79 Å². The molecule has 8 nitrogen and oxygen atoms in total. The molecule has 1 aliphatic heterocycles. The third-order valence-corrected chi connectivity index (χ3v) is 6.82. The normalized spacial score (nSPS) is 14.1. The van der Waals surface area contributed by atoms with E-state index in [1.54, 1.807) is 0 Å². The van der Waals surface area contributed by atoms with Crippen molar-refractivity contribution in [2.45, 2.75) is 39.5 Å². The minimum Gasteiger partial charge on any atom is -0.354 e. The van der Waals surface area contributed by atoms with Crippen LogP contribution < -0.4 is 10.2 Å². The van der Waals surface area contributed by atoms with Crippen LogP contribution in [0.25, 0.3) is 16.7 Å². The van der Waals surface area contributed by atoms with E-state index in [0.29, 0.717) is 19.5 Å². The Hall–Kier alpha value is -3.94. The number of nitrogens with zero attached hydrogens (tertiary/aromatic N) is 6. The number of urea groups is 1. The van der Waals surface area contributed by atoms with Crippen molar-refractivity contribution in [2.75, 3.05) is 37.6 Å². The molecule has 0 atom stereocenters. The van der Waals surface area contributed by atoms with Crippen LogP contribution in [0.1, 0.15) is 43.3 Å². The van der Waals surface area contributed by atoms with Gasteiger partial charge in [0.15, 0.2) is 5.65 Å². The summed E-state index contributed by atoms with van der Waals surface area (Å²) in [5, 5.41) is 8.92. The number of para-hydroxylation sites is 1. The number of carbonyl (C=O) groups excluding carboxylic acids is 1. The van der Waals surface area contributed by atoms with Crippen LogP contribution in [0.3, 0.4) is 0 Å². The van der Waals surface area contributed by atoms with E-state index >= 15 is 0 Å². The maximum absolute atomic E-state index is 12.7. The average molecular weight is 498 g/mol. The van der Waals surface area contributed by atoms with Gasteiger partial charge < -0.3 is 15.1 Å². The highest BCUT2D eigenvalue weighted by Crippen LogP contribution is 2.30. The highest BCUT2D eigenvalue weighted by atomic mass is 16.2. The van der Waals surface area contributed by atoms with Crippen LogP contribution in [0, 0.1) is 6.92 Å². The zero-order valence-electron chi connectivity index (χ0n) is 21.7. The zero-order chi connectivity index (χ0) is 25.6. The van der Waals surface area contributed by atoms with E-state index in [4.69, 9.17) is 15.1 Å². The molecule has 0 aliphatic carbocycles. The summed E-state index contributed by atoms with van der Waals surface area (Å²) in [6.45, 7) is 7.82. The van der Waals surface area contributed by atoms with E-state index in [0.717, 1.165) is 73.0 Å². The minimum atomic E-state index is 0.0287. The summed E-state index contributed by atoms with van der Waals surface area (Å²) in [6.07, 6.45) is 3.59. The maximum atomic E-state index is 12.7. The predicted octanol–water partition coefficient (Wildman–Crippen LogP) is 4.74. The largest absolute Gasteiger partial charge is 0.354 e. The first-order valence-electron chi connectivity index (χ1n) is 13.3. The molecular weight excluding hydrogens is 462 g/mol. The Morgan fingerprint density at radius 1 is 0.946 bits per heavy atom. The van der Waals surface area contributed by atoms with Gasteiger partial charge in [-0.3, -0.25) is 0 Å². The molecule has 5 rings (SSSR count). The lowest BCUT2D eigenvalue weighted by Crippen LogP contribution is -2.42. The van der Waals surface area contributed by atoms with Crippen molar-refractivity contribution < 1.29 is 4.79 Å². The predicted molar refractivity (Wildman–Crippen MR) is 147 cm³/mol. The number of carbonyl (C=O) groups is 1. The second-order valence-corrected chi connectivity index (χ2v) is 9.57. The van der Waals surface area contributed by atoms with Crippen molar-refractivity contribution in [3.8, 4) is 5.69 Å². The summed E-state index contributed by atoms with van der Waals surface area (Å²) in [6, 6.07) is 20.5. The van der Waals surface area contributed by atoms with Gasteiger partial charge in [0.1, 0.15) is 11.6 Å². The first kappa shape index (κ1) is 24.7. The van der Waals surface area contributed by atoms with Gasteiger partial charge in [-0.05, 0) is 37.5 Å². The second-order valence-electron chi connectivity index (χ2n) is 9.57. The molecule has 0 radical (unpaired) electrons. The van der Waals surface area contributed by atoms with Crippen LogP contribution in [0.15, 0.2) is 60.7 Å². The number of aryl methyl sites for hydroxylation is 1. The Morgan fingerprint density at radius 2 is 1.70 bits per heavy atom. The lowest BCUT2D eigenvalue weighted by Gasteiger charge is -2.24. The van der Waals surface area contributed by atoms with Gasteiger partial charge in [0, 0.05) is 39.1 Å². The van der Waals surface area contributed by atoms with Gasteiger partial charge in [-0.15, -0.1) is 0 Å². The SMILES string of the molecule is CCCCNC(=O)N1CCCN(c2nc(Cc3ccccc3)nc3c2c(C)nn3-c2ccccc2)CC1. The molecule has 1 aliphatic rings. The molecule has 1 N–H and O–H groups in total. The van der Waals surface area contributed by atoms with Crippen molar-refractivity contribution >= 4 is 22.9 Å². The fraction of sp³-hybridized carbons (Fsp3) is 0.379. The molecule has 2 aromatic carbocycles. The van der Waals surface area contributed by atoms with Crippen molar-refractivity contribution in [3.63, 3.8) is 0 Å². The number of fused-ring (bicyclic) bond motifs is 1. The number of anilines is 1. The number of nitrogens with one attached hydrogen (secondary N) is 1. The van der Waals surface area contributed by atoms with E-state index in [1.807, 2.05) is 65.0 Å². The molecule has 0 bridgehead atoms. The second kappa shape index (κ2) is 11.4. The third-order valence-electron chi connectivity index (χ3n) is 6.82. The van der Waals surface area contributed by atoms with Crippen LogP contribution in [0.5, 0.6) is 0 Å². The first-order chi connectivity index (χ1) is 18.1. The lowest BCUT2D eigenvalue weighted by molar-refractivity contribution is 0.201. The van der Waals surface area contributed by atoms with Crippen LogP contribution in [-0.4, -0.2) is 63.4 Å². The number of hydrogen-bond donors (Lipinski definition) is 1. The number of amides is 2. The van der Waals surface area contributed by atoms with Crippen LogP contribution in [0.2, 0.25) is 0 Å². The lowest BCUT2D eigenvalue weighted by atomic mass is 10.1. The topological polar surface area (TPSA) is 79.2 Å². The smallest absolute Gasteiger partial charge is 0.317 e. The van der Waals surface area contributed by atoms with Gasteiger partial charge in [-0.2, -0.15) is 5.10 Å². The van der Waals surface area contributed by atoms with Crippen LogP contribution >= 0.6 is 0 Å². The maximum Gasteiger partial charge on any atom is 0.317 e. The summed E-state index contributed by atoms with van der Waals surface area (Å²) in [5.74, 6) is 1.67. The number of benzene rings is 2. The fourth-order valence-corrected chi connectivity index (χ4v) is 4.86. The monoisotopic (exact) mass is 497 g/mol. The van der Waals surface area contributed by atoms with Crippen molar-refractivity contribution in [3.05, 3.63) is 77.7 Å². The summed E-state index contributed by atoms with van der Waals surface area (Å²) in [7, 11) is 0. The molecule has 37 heavy (non-hydrogen) atoms. The van der Waals surface area contributed by atoms with Gasteiger partial charge in [0.2, 0.25) is 0 Å². The average Bonchev–Trinajstić information content (AvgIpc) is 3.09. The first-order valence-corrected chi connectivity index (χ1v) is 13.3. The molecule has 4 aromatic rings. The molecule has 1 saturated heterocycles. The standard InChI is InChI=1S/C29H35N7O/c1-3-4-16-30-29(37)35-18-11-17-34(19-20-35)27-26-22(2)33-36(24-14-9-6-10-15-24)28(26)32-25(31-27)21-23-12-7-5-8-13-23/h5-10,12-15H,3-4,11,16-21H2,1-2H3,(H,30,37). The molecule has 2 amide bonds. The molecule has 1 fully saturated rings. The zero-order valence-corrected chi connectivity index (χ0v) is 21.7. The summed E-state index contributed by atoms with van der Waals surface area (Å²) in [5.41, 5.74) is 3.86. The van der Waals surface area contributed by atoms with Crippen molar-refractivity contribution in [2.24, 2.45) is 0 Å². The van der Waals surface area contributed by atoms with Crippen molar-refractivity contribution in [1.29, 1.82) is 0 Å². The van der Waals surface area contributed by atoms with Gasteiger partial charge in [-0.25, -0.2) is 19.4 Å². The number of hydrogen-bond acceptors (Lipinski definition) is 5. The van der Waals surface area contributed by atoms with E-state index in [-0.39, 0.29) is 6.03 Å². The molecule has 0 saturated carbocycles. The van der Waals surface area contributed by atoms with Gasteiger partial charge in [0.05, 0.1) is 16.8 Å². The van der Waals surface area contributed by atoms with E-state index in [1.165, 1.54) is 5.56 Å². The quantitative estimate of drug-likeness (QED) is 0.373. The summed E-state index contributed by atoms with van der Waals surface area (Å²) in [4.78, 5) is 27.1. The Balaban J connectivity index is 1.50. The summed E-state index contributed by atoms with van der Waals surface area (Å²) >= 11 is 0. The van der Waals surface area contributed by atoms with Crippen molar-refractivity contribution in [1.82, 2.24) is 30.0 Å². The third kappa shape index (κ3) is 5.58. The Kier molecular flexibility index (Phi) is 7.63. The summed E-state index contributed by atoms with van der Waals surface area (Å²) < 4.78 is 1.93. The van der Waals surface area contributed by atoms with Gasteiger partial charge in [-0.1, -0.05) is 61.9 Å². The fourth-order valence-electron chi connectivity index (χ4n) is 4.86. The number of unbranched alkanes of at least 4 members (excludes halogenated alkanes) is 1. The Bertz CT molecular complexity index is 1340. The number of rotatable bonds is 7. The molecule has 2 aromatic heterocycles. The van der Waals surface area contributed by atoms with E-state index in [2.05, 4.69) is 29.3 Å². The molecule has 0 spiro atoms.